The lowest BCUT2D eigenvalue weighted by Gasteiger charge is -2.18. The average molecular weight is 468 g/mol. The van der Waals surface area contributed by atoms with E-state index in [1.807, 2.05) is 0 Å². The minimum Gasteiger partial charge on any atom is -0.493 e. The van der Waals surface area contributed by atoms with E-state index in [9.17, 15) is 16.8 Å². The molecule has 1 aromatic heterocycles. The molecule has 1 N–H and O–H groups in total. The van der Waals surface area contributed by atoms with E-state index in [4.69, 9.17) is 9.47 Å². The summed E-state index contributed by atoms with van der Waals surface area (Å²) in [5.41, 5.74) is 0. The Kier molecular flexibility index (Phi) is 6.81. The monoisotopic (exact) mass is 467 g/mol. The quantitative estimate of drug-likeness (QED) is 0.519. The van der Waals surface area contributed by atoms with Crippen LogP contribution in [-0.4, -0.2) is 37.6 Å². The van der Waals surface area contributed by atoms with E-state index >= 15 is 0 Å². The van der Waals surface area contributed by atoms with Crippen LogP contribution in [0.25, 0.3) is 0 Å². The lowest BCUT2D eigenvalue weighted by molar-refractivity contribution is 0.354. The molecular weight excluding hydrogens is 446 g/mol. The Hall–Kier alpha value is -2.40. The molecule has 160 valence electrons. The molecular formula is C20H21NO6S3. The molecule has 0 aliphatic rings. The number of sulfonamides is 1. The van der Waals surface area contributed by atoms with Gasteiger partial charge in [-0.25, -0.2) is 21.6 Å². The first-order valence-electron chi connectivity index (χ1n) is 8.83. The lowest BCUT2D eigenvalue weighted by atomic mass is 10.3. The number of benzene rings is 2. The molecule has 0 bridgehead atoms. The van der Waals surface area contributed by atoms with Crippen LogP contribution in [0.4, 0.5) is 0 Å². The van der Waals surface area contributed by atoms with Crippen LogP contribution in [0.3, 0.4) is 0 Å². The summed E-state index contributed by atoms with van der Waals surface area (Å²) in [7, 11) is -4.95. The summed E-state index contributed by atoms with van der Waals surface area (Å²) < 4.78 is 64.8. The van der Waals surface area contributed by atoms with Crippen molar-refractivity contribution in [3.05, 3.63) is 70.9 Å². The number of hydrogen-bond donors (Lipinski definition) is 1. The van der Waals surface area contributed by atoms with Crippen molar-refractivity contribution in [2.45, 2.75) is 15.0 Å². The van der Waals surface area contributed by atoms with Gasteiger partial charge in [-0.2, -0.15) is 0 Å². The summed E-state index contributed by atoms with van der Waals surface area (Å²) in [6.07, 6.45) is 0. The number of thiophene rings is 1. The Morgan fingerprint density at radius 2 is 1.57 bits per heavy atom. The molecule has 1 heterocycles. The average Bonchev–Trinajstić information content (AvgIpc) is 3.28. The molecule has 2 aromatic carbocycles. The molecule has 1 atom stereocenters. The molecule has 0 aliphatic heterocycles. The van der Waals surface area contributed by atoms with Crippen LogP contribution in [0.5, 0.6) is 11.5 Å². The normalized spacial score (nSPS) is 13.0. The summed E-state index contributed by atoms with van der Waals surface area (Å²) in [5, 5.41) is 0.695. The summed E-state index contributed by atoms with van der Waals surface area (Å²) in [4.78, 5) is 0.629. The van der Waals surface area contributed by atoms with E-state index in [0.717, 1.165) is 0 Å². The van der Waals surface area contributed by atoms with Gasteiger partial charge in [0, 0.05) is 17.5 Å². The molecule has 0 spiro atoms. The van der Waals surface area contributed by atoms with Crippen LogP contribution >= 0.6 is 11.3 Å². The van der Waals surface area contributed by atoms with E-state index in [0.29, 0.717) is 10.6 Å². The maximum absolute atomic E-state index is 13.2. The first-order chi connectivity index (χ1) is 14.3. The van der Waals surface area contributed by atoms with Gasteiger partial charge in [0.25, 0.3) is 0 Å². The zero-order chi connectivity index (χ0) is 21.8. The molecule has 0 saturated carbocycles. The van der Waals surface area contributed by atoms with Crippen LogP contribution in [0.2, 0.25) is 0 Å². The van der Waals surface area contributed by atoms with Gasteiger partial charge in [-0.1, -0.05) is 24.3 Å². The predicted octanol–water partition coefficient (Wildman–Crippen LogP) is 3.26. The van der Waals surface area contributed by atoms with Gasteiger partial charge in [0.15, 0.2) is 21.3 Å². The summed E-state index contributed by atoms with van der Waals surface area (Å²) >= 11 is 1.26. The molecule has 0 radical (unpaired) electrons. The Labute approximate surface area is 180 Å². The van der Waals surface area contributed by atoms with E-state index in [1.165, 1.54) is 55.9 Å². The van der Waals surface area contributed by atoms with Crippen molar-refractivity contribution in [2.75, 3.05) is 20.8 Å². The molecule has 0 unspecified atom stereocenters. The summed E-state index contributed by atoms with van der Waals surface area (Å²) in [5.74, 6) is 0.645. The van der Waals surface area contributed by atoms with Crippen molar-refractivity contribution < 1.29 is 26.3 Å². The minimum atomic E-state index is -3.99. The summed E-state index contributed by atoms with van der Waals surface area (Å²) in [6.45, 7) is -0.311. The molecule has 3 aromatic rings. The fraction of sp³-hybridized carbons (Fsp3) is 0.200. The second kappa shape index (κ2) is 9.17. The second-order valence-electron chi connectivity index (χ2n) is 6.23. The van der Waals surface area contributed by atoms with E-state index in [-0.39, 0.29) is 22.1 Å². The lowest BCUT2D eigenvalue weighted by Crippen LogP contribution is -2.31. The maximum Gasteiger partial charge on any atom is 0.240 e. The van der Waals surface area contributed by atoms with Crippen molar-refractivity contribution in [2.24, 2.45) is 0 Å². The van der Waals surface area contributed by atoms with Crippen molar-refractivity contribution in [3.63, 3.8) is 0 Å². The third-order valence-electron chi connectivity index (χ3n) is 4.43. The first-order valence-corrected chi connectivity index (χ1v) is 12.7. The SMILES string of the molecule is COc1ccc(S(=O)(=O)NC[C@H](c2cccs2)S(=O)(=O)c2ccccc2)cc1OC. The molecule has 7 nitrogen and oxygen atoms in total. The molecule has 0 fully saturated rings. The Balaban J connectivity index is 1.91. The Morgan fingerprint density at radius 3 is 2.17 bits per heavy atom. The number of sulfone groups is 1. The van der Waals surface area contributed by atoms with Crippen LogP contribution in [0.1, 0.15) is 10.1 Å². The molecule has 0 aliphatic carbocycles. The number of hydrogen-bond acceptors (Lipinski definition) is 7. The number of ether oxygens (including phenoxy) is 2. The fourth-order valence-electron chi connectivity index (χ4n) is 2.86. The highest BCUT2D eigenvalue weighted by Crippen LogP contribution is 2.33. The largest absolute Gasteiger partial charge is 0.493 e. The third-order valence-corrected chi connectivity index (χ3v) is 9.09. The number of rotatable bonds is 9. The number of methoxy groups -OCH3 is 2. The zero-order valence-corrected chi connectivity index (χ0v) is 18.8. The van der Waals surface area contributed by atoms with Crippen molar-refractivity contribution in [1.82, 2.24) is 4.72 Å². The molecule has 10 heteroatoms. The highest BCUT2D eigenvalue weighted by molar-refractivity contribution is 7.92. The van der Waals surface area contributed by atoms with Crippen molar-refractivity contribution in [3.8, 4) is 11.5 Å². The smallest absolute Gasteiger partial charge is 0.240 e. The first kappa shape index (κ1) is 22.3. The topological polar surface area (TPSA) is 98.8 Å². The van der Waals surface area contributed by atoms with E-state index in [1.54, 1.807) is 35.7 Å². The minimum absolute atomic E-state index is 0.0535. The Morgan fingerprint density at radius 1 is 0.867 bits per heavy atom. The molecule has 30 heavy (non-hydrogen) atoms. The zero-order valence-electron chi connectivity index (χ0n) is 16.3. The standard InChI is InChI=1S/C20H21NO6S3/c1-26-17-11-10-16(13-18(17)27-2)30(24,25)21-14-20(19-9-6-12-28-19)29(22,23)15-7-4-3-5-8-15/h3-13,20-21H,14H2,1-2H3/t20-/m1/s1. The van der Waals surface area contributed by atoms with Gasteiger partial charge in [-0.15, -0.1) is 11.3 Å². The highest BCUT2D eigenvalue weighted by Gasteiger charge is 2.31. The van der Waals surface area contributed by atoms with Gasteiger partial charge >= 0.3 is 0 Å². The third kappa shape index (κ3) is 4.67. The van der Waals surface area contributed by atoms with Crippen LogP contribution in [0.15, 0.2) is 75.8 Å². The van der Waals surface area contributed by atoms with Gasteiger partial charge < -0.3 is 9.47 Å². The van der Waals surface area contributed by atoms with Gasteiger partial charge in [-0.05, 0) is 35.7 Å². The van der Waals surface area contributed by atoms with Crippen LogP contribution < -0.4 is 14.2 Å². The van der Waals surface area contributed by atoms with Gasteiger partial charge in [0.05, 0.1) is 24.0 Å². The van der Waals surface area contributed by atoms with Crippen LogP contribution in [-0.2, 0) is 19.9 Å². The van der Waals surface area contributed by atoms with Gasteiger partial charge in [0.1, 0.15) is 5.25 Å². The van der Waals surface area contributed by atoms with E-state index < -0.39 is 25.1 Å². The van der Waals surface area contributed by atoms with Crippen LogP contribution in [0, 0.1) is 0 Å². The Bertz CT molecular complexity index is 1190. The van der Waals surface area contributed by atoms with Crippen molar-refractivity contribution in [1.29, 1.82) is 0 Å². The van der Waals surface area contributed by atoms with E-state index in [2.05, 4.69) is 4.72 Å². The summed E-state index contributed by atoms with van der Waals surface area (Å²) in [6, 6.07) is 15.6. The molecule has 0 amide bonds. The number of nitrogens with one attached hydrogen (secondary N) is 1. The second-order valence-corrected chi connectivity index (χ2v) is 11.1. The highest BCUT2D eigenvalue weighted by atomic mass is 32.2. The fourth-order valence-corrected chi connectivity index (χ4v) is 6.84. The molecule has 0 saturated heterocycles. The van der Waals surface area contributed by atoms with Crippen molar-refractivity contribution >= 4 is 31.2 Å². The van der Waals surface area contributed by atoms with Gasteiger partial charge in [-0.3, -0.25) is 0 Å². The predicted molar refractivity (Wildman–Crippen MR) is 115 cm³/mol. The molecule has 3 rings (SSSR count). The van der Waals surface area contributed by atoms with Gasteiger partial charge in [0.2, 0.25) is 10.0 Å². The maximum atomic E-state index is 13.2.